The predicted octanol–water partition coefficient (Wildman–Crippen LogP) is 1.58. The molecule has 0 atom stereocenters. The number of nitrogens with one attached hydrogen (secondary N) is 1. The van der Waals surface area contributed by atoms with Crippen LogP contribution in [0.2, 0.25) is 0 Å². The van der Waals surface area contributed by atoms with Crippen LogP contribution >= 0.6 is 0 Å². The van der Waals surface area contributed by atoms with E-state index in [4.69, 9.17) is 5.11 Å². The highest BCUT2D eigenvalue weighted by atomic mass is 32.2. The minimum absolute atomic E-state index is 0.351. The standard InChI is InChI=1S/C9H9F4NO3S/c10-8-2-1-6(5-7(8)9(11,12)13)14-18(16,17)4-3-15/h1-2,5,14-15H,3-4H2. The van der Waals surface area contributed by atoms with Gasteiger partial charge in [-0.15, -0.1) is 0 Å². The van der Waals surface area contributed by atoms with Gasteiger partial charge in [0.15, 0.2) is 0 Å². The average Bonchev–Trinajstić information content (AvgIpc) is 2.18. The second kappa shape index (κ2) is 5.11. The first-order valence-corrected chi connectivity index (χ1v) is 6.29. The highest BCUT2D eigenvalue weighted by Gasteiger charge is 2.34. The first-order valence-electron chi connectivity index (χ1n) is 4.64. The van der Waals surface area contributed by atoms with Gasteiger partial charge in [0.25, 0.3) is 0 Å². The lowest BCUT2D eigenvalue weighted by Gasteiger charge is -2.11. The Bertz CT molecular complexity index is 527. The Kier molecular flexibility index (Phi) is 4.17. The molecule has 0 heterocycles. The number of sulfonamides is 1. The quantitative estimate of drug-likeness (QED) is 0.826. The Morgan fingerprint density at radius 1 is 1.28 bits per heavy atom. The van der Waals surface area contributed by atoms with Crippen molar-refractivity contribution in [2.75, 3.05) is 17.1 Å². The third-order valence-electron chi connectivity index (χ3n) is 1.91. The van der Waals surface area contributed by atoms with Crippen molar-refractivity contribution >= 4 is 15.7 Å². The Balaban J connectivity index is 3.07. The SMILES string of the molecule is O=S(=O)(CCO)Nc1ccc(F)c(C(F)(F)F)c1. The Hall–Kier alpha value is -1.35. The van der Waals surface area contributed by atoms with Crippen LogP contribution in [0.3, 0.4) is 0 Å². The maximum Gasteiger partial charge on any atom is 0.419 e. The highest BCUT2D eigenvalue weighted by Crippen LogP contribution is 2.33. The van der Waals surface area contributed by atoms with Crippen LogP contribution in [0.25, 0.3) is 0 Å². The Morgan fingerprint density at radius 2 is 1.89 bits per heavy atom. The van der Waals surface area contributed by atoms with Crippen LogP contribution in [-0.4, -0.2) is 25.9 Å². The highest BCUT2D eigenvalue weighted by molar-refractivity contribution is 7.92. The smallest absolute Gasteiger partial charge is 0.395 e. The molecule has 4 nitrogen and oxygen atoms in total. The number of anilines is 1. The van der Waals surface area contributed by atoms with E-state index < -0.39 is 45.6 Å². The molecular formula is C9H9F4NO3S. The van der Waals surface area contributed by atoms with Crippen LogP contribution in [-0.2, 0) is 16.2 Å². The van der Waals surface area contributed by atoms with Crippen LogP contribution in [0, 0.1) is 5.82 Å². The van der Waals surface area contributed by atoms with E-state index in [0.29, 0.717) is 12.1 Å². The van der Waals surface area contributed by atoms with E-state index in [2.05, 4.69) is 0 Å². The van der Waals surface area contributed by atoms with Gasteiger partial charge in [0.2, 0.25) is 10.0 Å². The van der Waals surface area contributed by atoms with E-state index >= 15 is 0 Å². The monoisotopic (exact) mass is 287 g/mol. The van der Waals surface area contributed by atoms with E-state index in [1.54, 1.807) is 4.72 Å². The molecule has 0 radical (unpaired) electrons. The van der Waals surface area contributed by atoms with E-state index in [1.165, 1.54) is 0 Å². The van der Waals surface area contributed by atoms with Crippen LogP contribution in [0.5, 0.6) is 0 Å². The van der Waals surface area contributed by atoms with Crippen molar-refractivity contribution in [3.8, 4) is 0 Å². The number of aliphatic hydroxyl groups is 1. The summed E-state index contributed by atoms with van der Waals surface area (Å²) in [5.74, 6) is -2.15. The van der Waals surface area contributed by atoms with E-state index in [-0.39, 0.29) is 0 Å². The van der Waals surface area contributed by atoms with Crippen molar-refractivity contribution < 1.29 is 31.1 Å². The van der Waals surface area contributed by atoms with Crippen molar-refractivity contribution in [3.63, 3.8) is 0 Å². The molecule has 0 bridgehead atoms. The normalized spacial score (nSPS) is 12.5. The predicted molar refractivity (Wildman–Crippen MR) is 55.9 cm³/mol. The maximum absolute atomic E-state index is 12.9. The molecule has 0 saturated carbocycles. The van der Waals surface area contributed by atoms with Crippen molar-refractivity contribution in [2.24, 2.45) is 0 Å². The molecule has 1 rings (SSSR count). The molecule has 0 spiro atoms. The van der Waals surface area contributed by atoms with Gasteiger partial charge in [-0.25, -0.2) is 12.8 Å². The summed E-state index contributed by atoms with van der Waals surface area (Å²) in [5.41, 5.74) is -1.98. The third kappa shape index (κ3) is 3.84. The van der Waals surface area contributed by atoms with Gasteiger partial charge in [-0.2, -0.15) is 13.2 Å². The minimum Gasteiger partial charge on any atom is -0.395 e. The topological polar surface area (TPSA) is 66.4 Å². The van der Waals surface area contributed by atoms with Gasteiger partial charge in [-0.05, 0) is 18.2 Å². The van der Waals surface area contributed by atoms with E-state index in [1.807, 2.05) is 0 Å². The van der Waals surface area contributed by atoms with E-state index in [9.17, 15) is 26.0 Å². The summed E-state index contributed by atoms with van der Waals surface area (Å²) in [5, 5.41) is 8.45. The van der Waals surface area contributed by atoms with Crippen molar-refractivity contribution in [2.45, 2.75) is 6.18 Å². The summed E-state index contributed by atoms with van der Waals surface area (Å²) in [4.78, 5) is 0. The van der Waals surface area contributed by atoms with Gasteiger partial charge in [0.1, 0.15) is 5.82 Å². The first-order chi connectivity index (χ1) is 8.15. The molecule has 0 amide bonds. The molecule has 2 N–H and O–H groups in total. The van der Waals surface area contributed by atoms with Crippen molar-refractivity contribution in [3.05, 3.63) is 29.6 Å². The average molecular weight is 287 g/mol. The van der Waals surface area contributed by atoms with Crippen LogP contribution in [0.1, 0.15) is 5.56 Å². The van der Waals surface area contributed by atoms with Gasteiger partial charge < -0.3 is 5.11 Å². The van der Waals surface area contributed by atoms with Gasteiger partial charge >= 0.3 is 6.18 Å². The number of benzene rings is 1. The Labute approximate surface area is 100 Å². The lowest BCUT2D eigenvalue weighted by molar-refractivity contribution is -0.139. The number of hydrogen-bond acceptors (Lipinski definition) is 3. The van der Waals surface area contributed by atoms with Crippen molar-refractivity contribution in [1.29, 1.82) is 0 Å². The lowest BCUT2D eigenvalue weighted by Crippen LogP contribution is -2.19. The lowest BCUT2D eigenvalue weighted by atomic mass is 10.2. The Morgan fingerprint density at radius 3 is 2.39 bits per heavy atom. The molecule has 0 aliphatic heterocycles. The van der Waals surface area contributed by atoms with Crippen molar-refractivity contribution in [1.82, 2.24) is 0 Å². The number of hydrogen-bond donors (Lipinski definition) is 2. The maximum atomic E-state index is 12.9. The molecule has 9 heteroatoms. The summed E-state index contributed by atoms with van der Waals surface area (Å²) >= 11 is 0. The number of alkyl halides is 3. The van der Waals surface area contributed by atoms with Crippen LogP contribution < -0.4 is 4.72 Å². The molecule has 0 saturated heterocycles. The molecule has 0 aliphatic rings. The molecular weight excluding hydrogens is 278 g/mol. The fourth-order valence-electron chi connectivity index (χ4n) is 1.16. The molecule has 0 aliphatic carbocycles. The van der Waals surface area contributed by atoms with E-state index in [0.717, 1.165) is 6.07 Å². The van der Waals surface area contributed by atoms with Gasteiger partial charge in [0.05, 0.1) is 17.9 Å². The summed E-state index contributed by atoms with van der Waals surface area (Å²) in [6.07, 6.45) is -4.91. The van der Waals surface area contributed by atoms with Crippen LogP contribution in [0.4, 0.5) is 23.2 Å². The number of rotatable bonds is 4. The molecule has 1 aromatic rings. The molecule has 0 fully saturated rings. The molecule has 102 valence electrons. The second-order valence-corrected chi connectivity index (χ2v) is 5.18. The number of aliphatic hydroxyl groups excluding tert-OH is 1. The zero-order valence-corrected chi connectivity index (χ0v) is 9.65. The van der Waals surface area contributed by atoms with Gasteiger partial charge in [0, 0.05) is 5.69 Å². The third-order valence-corrected chi connectivity index (χ3v) is 3.17. The molecule has 0 unspecified atom stereocenters. The second-order valence-electron chi connectivity index (χ2n) is 3.34. The fraction of sp³-hybridized carbons (Fsp3) is 0.333. The first kappa shape index (κ1) is 14.7. The summed E-state index contributed by atoms with van der Waals surface area (Å²) in [7, 11) is -3.95. The zero-order chi connectivity index (χ0) is 14.0. The summed E-state index contributed by atoms with van der Waals surface area (Å²) < 4.78 is 74.2. The largest absolute Gasteiger partial charge is 0.419 e. The molecule has 1 aromatic carbocycles. The molecule has 0 aromatic heterocycles. The summed E-state index contributed by atoms with van der Waals surface area (Å²) in [6, 6.07) is 1.73. The summed E-state index contributed by atoms with van der Waals surface area (Å²) in [6.45, 7) is -0.678. The minimum atomic E-state index is -4.91. The number of halogens is 4. The molecule has 18 heavy (non-hydrogen) atoms. The fourth-order valence-corrected chi connectivity index (χ4v) is 1.99. The zero-order valence-electron chi connectivity index (χ0n) is 8.83. The van der Waals surface area contributed by atoms with Gasteiger partial charge in [-0.3, -0.25) is 4.72 Å². The van der Waals surface area contributed by atoms with Crippen LogP contribution in [0.15, 0.2) is 18.2 Å². The van der Waals surface area contributed by atoms with Gasteiger partial charge in [-0.1, -0.05) is 0 Å².